The van der Waals surface area contributed by atoms with Crippen molar-refractivity contribution in [2.24, 2.45) is 4.99 Å². The molecular formula is C22H18N2O2S. The first-order chi connectivity index (χ1) is 13.1. The van der Waals surface area contributed by atoms with Crippen LogP contribution in [0.1, 0.15) is 28.4 Å². The van der Waals surface area contributed by atoms with Crippen LogP contribution in [0.25, 0.3) is 0 Å². The molecule has 0 saturated carbocycles. The number of para-hydroxylation sites is 1. The first kappa shape index (κ1) is 17.5. The van der Waals surface area contributed by atoms with Crippen molar-refractivity contribution in [3.8, 4) is 0 Å². The second-order valence-corrected chi connectivity index (χ2v) is 7.80. The third-order valence-electron chi connectivity index (χ3n) is 4.61. The molecule has 4 rings (SSSR count). The lowest BCUT2D eigenvalue weighted by molar-refractivity contribution is -0.384. The van der Waals surface area contributed by atoms with E-state index in [0.717, 1.165) is 21.9 Å². The highest BCUT2D eigenvalue weighted by atomic mass is 32.2. The fourth-order valence-electron chi connectivity index (χ4n) is 3.16. The largest absolute Gasteiger partial charge is 0.270 e. The molecule has 0 spiro atoms. The number of non-ortho nitro benzene ring substituents is 1. The zero-order valence-electron chi connectivity index (χ0n) is 14.8. The second-order valence-electron chi connectivity index (χ2n) is 6.55. The zero-order chi connectivity index (χ0) is 18.8. The monoisotopic (exact) mass is 374 g/mol. The summed E-state index contributed by atoms with van der Waals surface area (Å²) in [6, 6.07) is 23.4. The van der Waals surface area contributed by atoms with Crippen molar-refractivity contribution in [2.45, 2.75) is 23.5 Å². The van der Waals surface area contributed by atoms with Gasteiger partial charge in [0.05, 0.1) is 16.3 Å². The van der Waals surface area contributed by atoms with Gasteiger partial charge in [0.2, 0.25) is 0 Å². The summed E-state index contributed by atoms with van der Waals surface area (Å²) >= 11 is 1.80. The van der Waals surface area contributed by atoms with Gasteiger partial charge < -0.3 is 0 Å². The minimum atomic E-state index is -0.360. The fourth-order valence-corrected chi connectivity index (χ4v) is 4.39. The fraction of sp³-hybridized carbons (Fsp3) is 0.136. The molecule has 3 aromatic rings. The van der Waals surface area contributed by atoms with Gasteiger partial charge >= 0.3 is 0 Å². The summed E-state index contributed by atoms with van der Waals surface area (Å²) in [5.74, 6) is 0. The lowest BCUT2D eigenvalue weighted by Crippen LogP contribution is -2.06. The van der Waals surface area contributed by atoms with Crippen molar-refractivity contribution < 1.29 is 4.92 Å². The Bertz CT molecular complexity index is 1030. The molecular weight excluding hydrogens is 356 g/mol. The van der Waals surface area contributed by atoms with E-state index >= 15 is 0 Å². The predicted molar refractivity (Wildman–Crippen MR) is 110 cm³/mol. The summed E-state index contributed by atoms with van der Waals surface area (Å²) in [4.78, 5) is 16.8. The van der Waals surface area contributed by atoms with Crippen LogP contribution in [-0.4, -0.2) is 10.6 Å². The van der Waals surface area contributed by atoms with E-state index in [-0.39, 0.29) is 15.9 Å². The highest BCUT2D eigenvalue weighted by Crippen LogP contribution is 2.45. The van der Waals surface area contributed by atoms with E-state index in [1.165, 1.54) is 17.2 Å². The van der Waals surface area contributed by atoms with E-state index in [0.29, 0.717) is 6.42 Å². The Kier molecular flexibility index (Phi) is 4.77. The molecule has 0 fully saturated rings. The van der Waals surface area contributed by atoms with Crippen molar-refractivity contribution >= 4 is 28.8 Å². The Morgan fingerprint density at radius 2 is 1.81 bits per heavy atom. The third kappa shape index (κ3) is 3.78. The van der Waals surface area contributed by atoms with E-state index < -0.39 is 0 Å². The summed E-state index contributed by atoms with van der Waals surface area (Å²) in [7, 11) is 0. The number of aliphatic imine (C=N–C) groups is 1. The number of aryl methyl sites for hydroxylation is 1. The van der Waals surface area contributed by atoms with E-state index in [4.69, 9.17) is 4.99 Å². The zero-order valence-corrected chi connectivity index (χ0v) is 15.6. The molecule has 27 heavy (non-hydrogen) atoms. The number of nitro groups is 1. The van der Waals surface area contributed by atoms with Gasteiger partial charge in [-0.15, -0.1) is 11.8 Å². The molecule has 0 bridgehead atoms. The number of hydrogen-bond acceptors (Lipinski definition) is 4. The molecule has 4 nitrogen and oxygen atoms in total. The molecule has 1 atom stereocenters. The molecule has 3 aromatic carbocycles. The number of fused-ring (bicyclic) bond motifs is 1. The number of benzene rings is 3. The minimum Gasteiger partial charge on any atom is -0.258 e. The van der Waals surface area contributed by atoms with Crippen molar-refractivity contribution in [3.05, 3.63) is 99.6 Å². The summed E-state index contributed by atoms with van der Waals surface area (Å²) in [5, 5.41) is 11.4. The molecule has 0 aliphatic carbocycles. The third-order valence-corrected chi connectivity index (χ3v) is 5.93. The van der Waals surface area contributed by atoms with Gasteiger partial charge in [-0.3, -0.25) is 15.1 Å². The highest BCUT2D eigenvalue weighted by molar-refractivity contribution is 7.99. The number of thioether (sulfide) groups is 1. The molecule has 134 valence electrons. The maximum absolute atomic E-state index is 11.2. The van der Waals surface area contributed by atoms with Crippen LogP contribution in [-0.2, 0) is 0 Å². The quantitative estimate of drug-likeness (QED) is 0.401. The lowest BCUT2D eigenvalue weighted by atomic mass is 10.00. The minimum absolute atomic E-state index is 0.0901. The number of nitrogens with zero attached hydrogens (tertiary/aromatic N) is 2. The molecule has 0 unspecified atom stereocenters. The molecule has 0 radical (unpaired) electrons. The summed E-state index contributed by atoms with van der Waals surface area (Å²) < 4.78 is 0. The average Bonchev–Trinajstić information content (AvgIpc) is 2.88. The molecule has 0 amide bonds. The van der Waals surface area contributed by atoms with Crippen LogP contribution in [0.3, 0.4) is 0 Å². The number of nitro benzene ring substituents is 1. The predicted octanol–water partition coefficient (Wildman–Crippen LogP) is 6.26. The Labute approximate surface area is 162 Å². The molecule has 0 saturated heterocycles. The number of hydrogen-bond donors (Lipinski definition) is 0. The van der Waals surface area contributed by atoms with Gasteiger partial charge in [-0.1, -0.05) is 54.1 Å². The maximum Gasteiger partial charge on any atom is 0.270 e. The van der Waals surface area contributed by atoms with Crippen LogP contribution in [0.15, 0.2) is 82.7 Å². The number of rotatable bonds is 3. The van der Waals surface area contributed by atoms with Gasteiger partial charge in [-0.05, 0) is 24.6 Å². The first-order valence-electron chi connectivity index (χ1n) is 8.75. The van der Waals surface area contributed by atoms with Crippen LogP contribution in [0.2, 0.25) is 0 Å². The standard InChI is InChI=1S/C22H18N2O2S/c1-15-9-11-16(12-10-15)22-14-20(17-5-4-6-18(13-17)24(25)26)23-19-7-2-3-8-21(19)27-22/h2-13,22H,14H2,1H3/t22-/m0/s1. The molecule has 1 aliphatic rings. The van der Waals surface area contributed by atoms with Gasteiger partial charge in [0.15, 0.2) is 0 Å². The SMILES string of the molecule is Cc1ccc([C@@H]2CC(c3cccc([N+](=O)[O-])c3)=Nc3ccccc3S2)cc1. The molecule has 1 aliphatic heterocycles. The van der Waals surface area contributed by atoms with Gasteiger partial charge in [0.1, 0.15) is 0 Å². The highest BCUT2D eigenvalue weighted by Gasteiger charge is 2.23. The van der Waals surface area contributed by atoms with E-state index in [1.807, 2.05) is 24.3 Å². The van der Waals surface area contributed by atoms with Crippen LogP contribution in [0.5, 0.6) is 0 Å². The normalized spacial score (nSPS) is 16.2. The summed E-state index contributed by atoms with van der Waals surface area (Å²) in [6.07, 6.45) is 0.712. The van der Waals surface area contributed by atoms with Crippen LogP contribution in [0.4, 0.5) is 11.4 Å². The molecule has 0 N–H and O–H groups in total. The van der Waals surface area contributed by atoms with Gasteiger partial charge in [-0.25, -0.2) is 0 Å². The Hall–Kier alpha value is -2.92. The Morgan fingerprint density at radius 3 is 2.59 bits per heavy atom. The average molecular weight is 374 g/mol. The lowest BCUT2D eigenvalue weighted by Gasteiger charge is -2.16. The second kappa shape index (κ2) is 7.37. The smallest absolute Gasteiger partial charge is 0.258 e. The van der Waals surface area contributed by atoms with Crippen molar-refractivity contribution in [3.63, 3.8) is 0 Å². The Balaban J connectivity index is 1.80. The van der Waals surface area contributed by atoms with Crippen LogP contribution in [0, 0.1) is 17.0 Å². The van der Waals surface area contributed by atoms with Gasteiger partial charge in [0, 0.05) is 34.3 Å². The van der Waals surface area contributed by atoms with E-state index in [2.05, 4.69) is 37.3 Å². The maximum atomic E-state index is 11.2. The van der Waals surface area contributed by atoms with Gasteiger partial charge in [-0.2, -0.15) is 0 Å². The van der Waals surface area contributed by atoms with E-state index in [9.17, 15) is 10.1 Å². The summed E-state index contributed by atoms with van der Waals surface area (Å²) in [5.41, 5.74) is 5.15. The van der Waals surface area contributed by atoms with Crippen molar-refractivity contribution in [1.29, 1.82) is 0 Å². The summed E-state index contributed by atoms with van der Waals surface area (Å²) in [6.45, 7) is 2.08. The first-order valence-corrected chi connectivity index (χ1v) is 9.63. The van der Waals surface area contributed by atoms with Crippen LogP contribution >= 0.6 is 11.8 Å². The van der Waals surface area contributed by atoms with E-state index in [1.54, 1.807) is 23.9 Å². The Morgan fingerprint density at radius 1 is 1.04 bits per heavy atom. The van der Waals surface area contributed by atoms with Crippen LogP contribution < -0.4 is 0 Å². The van der Waals surface area contributed by atoms with Crippen molar-refractivity contribution in [1.82, 2.24) is 0 Å². The molecule has 1 heterocycles. The van der Waals surface area contributed by atoms with Crippen molar-refractivity contribution in [2.75, 3.05) is 0 Å². The molecule has 0 aromatic heterocycles. The van der Waals surface area contributed by atoms with Gasteiger partial charge in [0.25, 0.3) is 5.69 Å². The topological polar surface area (TPSA) is 55.5 Å². The molecule has 5 heteroatoms.